The molecule has 1 heterocycles. The second kappa shape index (κ2) is 4.57. The van der Waals surface area contributed by atoms with Gasteiger partial charge < -0.3 is 9.30 Å². The Morgan fingerprint density at radius 1 is 1.47 bits per heavy atom. The van der Waals surface area contributed by atoms with Crippen molar-refractivity contribution in [1.29, 1.82) is 0 Å². The summed E-state index contributed by atoms with van der Waals surface area (Å²) in [6, 6.07) is 6.17. The summed E-state index contributed by atoms with van der Waals surface area (Å²) in [7, 11) is 3.37. The Kier molecular flexibility index (Phi) is 3.13. The van der Waals surface area contributed by atoms with Crippen LogP contribution in [0.15, 0.2) is 18.2 Å². The van der Waals surface area contributed by atoms with Crippen molar-refractivity contribution in [2.45, 2.75) is 19.8 Å². The first kappa shape index (κ1) is 11.6. The Hall–Kier alpha value is -1.84. The van der Waals surface area contributed by atoms with Gasteiger partial charge in [0, 0.05) is 13.5 Å². The predicted octanol–water partition coefficient (Wildman–Crippen LogP) is 1.99. The summed E-state index contributed by atoms with van der Waals surface area (Å²) in [5.41, 5.74) is 3.26. The molecule has 0 aliphatic carbocycles. The van der Waals surface area contributed by atoms with E-state index in [1.54, 1.807) is 0 Å². The number of methoxy groups -OCH3 is 1. The maximum atomic E-state index is 11.1. The van der Waals surface area contributed by atoms with E-state index in [1.165, 1.54) is 12.7 Å². The van der Waals surface area contributed by atoms with Gasteiger partial charge >= 0.3 is 5.97 Å². The monoisotopic (exact) mass is 232 g/mol. The van der Waals surface area contributed by atoms with Crippen molar-refractivity contribution in [3.05, 3.63) is 29.6 Å². The molecular weight excluding hydrogens is 216 g/mol. The van der Waals surface area contributed by atoms with Crippen LogP contribution < -0.4 is 0 Å². The van der Waals surface area contributed by atoms with Crippen LogP contribution in [-0.4, -0.2) is 22.6 Å². The third-order valence-corrected chi connectivity index (χ3v) is 2.91. The number of hydrogen-bond acceptors (Lipinski definition) is 3. The van der Waals surface area contributed by atoms with E-state index in [0.29, 0.717) is 12.8 Å². The number of carbonyl (C=O) groups excluding carboxylic acids is 1. The lowest BCUT2D eigenvalue weighted by molar-refractivity contribution is -0.140. The normalized spacial score (nSPS) is 10.8. The summed E-state index contributed by atoms with van der Waals surface area (Å²) in [5, 5.41) is 0. The Morgan fingerprint density at radius 2 is 2.24 bits per heavy atom. The van der Waals surface area contributed by atoms with Crippen molar-refractivity contribution in [1.82, 2.24) is 9.55 Å². The Labute approximate surface area is 100 Å². The molecule has 0 atom stereocenters. The number of nitrogens with zero attached hydrogens (tertiary/aromatic N) is 2. The van der Waals surface area contributed by atoms with E-state index in [2.05, 4.69) is 27.9 Å². The second-order valence-electron chi connectivity index (χ2n) is 4.16. The van der Waals surface area contributed by atoms with Gasteiger partial charge in [0.1, 0.15) is 5.82 Å². The molecular formula is C13H16N2O2. The van der Waals surface area contributed by atoms with Gasteiger partial charge in [0.2, 0.25) is 0 Å². The van der Waals surface area contributed by atoms with Gasteiger partial charge in [-0.25, -0.2) is 4.98 Å². The van der Waals surface area contributed by atoms with E-state index >= 15 is 0 Å². The summed E-state index contributed by atoms with van der Waals surface area (Å²) in [6.07, 6.45) is 0.976. The maximum Gasteiger partial charge on any atom is 0.305 e. The lowest BCUT2D eigenvalue weighted by Crippen LogP contribution is -2.05. The molecule has 4 nitrogen and oxygen atoms in total. The average Bonchev–Trinajstić information content (AvgIpc) is 2.62. The van der Waals surface area contributed by atoms with Gasteiger partial charge in [-0.05, 0) is 24.6 Å². The molecule has 17 heavy (non-hydrogen) atoms. The Morgan fingerprint density at radius 3 is 2.94 bits per heavy atom. The lowest BCUT2D eigenvalue weighted by atomic mass is 10.2. The van der Waals surface area contributed by atoms with Crippen LogP contribution in [0.25, 0.3) is 11.0 Å². The molecule has 0 aliphatic heterocycles. The average molecular weight is 232 g/mol. The van der Waals surface area contributed by atoms with Gasteiger partial charge in [-0.2, -0.15) is 0 Å². The molecule has 90 valence electrons. The van der Waals surface area contributed by atoms with E-state index in [1.807, 2.05) is 18.5 Å². The standard InChI is InChI=1S/C13H16N2O2/c1-9-4-5-11-10(8-9)14-12(15(11)2)6-7-13(16)17-3/h4-5,8H,6-7H2,1-3H3. The summed E-state index contributed by atoms with van der Waals surface area (Å²) in [5.74, 6) is 0.712. The van der Waals surface area contributed by atoms with Crippen molar-refractivity contribution in [2.75, 3.05) is 7.11 Å². The summed E-state index contributed by atoms with van der Waals surface area (Å²) < 4.78 is 6.65. The van der Waals surface area contributed by atoms with E-state index in [9.17, 15) is 4.79 Å². The number of aryl methyl sites for hydroxylation is 3. The highest BCUT2D eigenvalue weighted by atomic mass is 16.5. The van der Waals surface area contributed by atoms with Crippen molar-refractivity contribution < 1.29 is 9.53 Å². The number of imidazole rings is 1. The summed E-state index contributed by atoms with van der Waals surface area (Å²) in [4.78, 5) is 15.6. The highest BCUT2D eigenvalue weighted by Crippen LogP contribution is 2.17. The molecule has 0 spiro atoms. The molecule has 0 bridgehead atoms. The molecule has 4 heteroatoms. The fourth-order valence-corrected chi connectivity index (χ4v) is 1.90. The summed E-state index contributed by atoms with van der Waals surface area (Å²) in [6.45, 7) is 2.04. The third-order valence-electron chi connectivity index (χ3n) is 2.91. The smallest absolute Gasteiger partial charge is 0.305 e. The van der Waals surface area contributed by atoms with Gasteiger partial charge in [0.15, 0.2) is 0 Å². The van der Waals surface area contributed by atoms with E-state index < -0.39 is 0 Å². The zero-order valence-electron chi connectivity index (χ0n) is 10.4. The van der Waals surface area contributed by atoms with Crippen LogP contribution >= 0.6 is 0 Å². The number of aromatic nitrogens is 2. The minimum Gasteiger partial charge on any atom is -0.469 e. The predicted molar refractivity (Wildman–Crippen MR) is 65.8 cm³/mol. The first-order valence-electron chi connectivity index (χ1n) is 5.60. The topological polar surface area (TPSA) is 44.1 Å². The molecule has 0 unspecified atom stereocenters. The molecule has 0 saturated heterocycles. The van der Waals surface area contributed by atoms with Crippen LogP contribution in [0.2, 0.25) is 0 Å². The van der Waals surface area contributed by atoms with Gasteiger partial charge in [-0.15, -0.1) is 0 Å². The van der Waals surface area contributed by atoms with Crippen LogP contribution in [0.3, 0.4) is 0 Å². The summed E-state index contributed by atoms with van der Waals surface area (Å²) >= 11 is 0. The minimum atomic E-state index is -0.201. The number of fused-ring (bicyclic) bond motifs is 1. The van der Waals surface area contributed by atoms with Crippen LogP contribution in [0.4, 0.5) is 0 Å². The van der Waals surface area contributed by atoms with Gasteiger partial charge in [0.25, 0.3) is 0 Å². The molecule has 2 aromatic rings. The first-order chi connectivity index (χ1) is 8.11. The molecule has 1 aromatic heterocycles. The van der Waals surface area contributed by atoms with Crippen LogP contribution in [0.5, 0.6) is 0 Å². The van der Waals surface area contributed by atoms with E-state index in [4.69, 9.17) is 0 Å². The molecule has 1 aromatic carbocycles. The highest BCUT2D eigenvalue weighted by molar-refractivity contribution is 5.77. The van der Waals surface area contributed by atoms with Gasteiger partial charge in [0.05, 0.1) is 24.6 Å². The van der Waals surface area contributed by atoms with Crippen molar-refractivity contribution in [2.24, 2.45) is 7.05 Å². The molecule has 0 radical (unpaired) electrons. The Balaban J connectivity index is 2.29. The van der Waals surface area contributed by atoms with Gasteiger partial charge in [-0.1, -0.05) is 6.07 Å². The molecule has 0 aliphatic rings. The molecule has 0 fully saturated rings. The Bertz CT molecular complexity index is 558. The SMILES string of the molecule is COC(=O)CCc1nc2cc(C)ccc2n1C. The maximum absolute atomic E-state index is 11.1. The van der Waals surface area contributed by atoms with Crippen LogP contribution in [0.1, 0.15) is 17.8 Å². The van der Waals surface area contributed by atoms with Crippen LogP contribution in [-0.2, 0) is 23.0 Å². The van der Waals surface area contributed by atoms with E-state index in [0.717, 1.165) is 16.9 Å². The van der Waals surface area contributed by atoms with E-state index in [-0.39, 0.29) is 5.97 Å². The number of carbonyl (C=O) groups is 1. The number of benzene rings is 1. The van der Waals surface area contributed by atoms with Crippen molar-refractivity contribution in [3.63, 3.8) is 0 Å². The number of ether oxygens (including phenoxy) is 1. The van der Waals surface area contributed by atoms with Crippen LogP contribution in [0, 0.1) is 6.92 Å². The molecule has 0 saturated carbocycles. The zero-order chi connectivity index (χ0) is 12.4. The zero-order valence-corrected chi connectivity index (χ0v) is 10.4. The van der Waals surface area contributed by atoms with Crippen molar-refractivity contribution in [3.8, 4) is 0 Å². The molecule has 2 rings (SSSR count). The minimum absolute atomic E-state index is 0.201. The van der Waals surface area contributed by atoms with Gasteiger partial charge in [-0.3, -0.25) is 4.79 Å². The lowest BCUT2D eigenvalue weighted by Gasteiger charge is -2.01. The fraction of sp³-hybridized carbons (Fsp3) is 0.385. The first-order valence-corrected chi connectivity index (χ1v) is 5.60. The number of rotatable bonds is 3. The molecule has 0 N–H and O–H groups in total. The number of hydrogen-bond donors (Lipinski definition) is 0. The van der Waals surface area contributed by atoms with Crippen molar-refractivity contribution >= 4 is 17.0 Å². The quantitative estimate of drug-likeness (QED) is 0.760. The largest absolute Gasteiger partial charge is 0.469 e. The second-order valence-corrected chi connectivity index (χ2v) is 4.16. The highest BCUT2D eigenvalue weighted by Gasteiger charge is 2.09. The third kappa shape index (κ3) is 2.30. The number of esters is 1. The fourth-order valence-electron chi connectivity index (χ4n) is 1.90. The molecule has 0 amide bonds.